The standard InChI is InChI=1S/C24H33BrN2O4/c25-23-7-17-4-18(8-23)6-22(5-17,13-23)20(29)31-12-19(28)26-21(30)27-24-9-14-1-15(10-24)3-16(2-14)11-24/h14-18H,1-13H2,(H2,26,27,28,30). The van der Waals surface area contributed by atoms with Crippen molar-refractivity contribution >= 4 is 33.8 Å². The number of imide groups is 1. The first-order valence-corrected chi connectivity index (χ1v) is 13.0. The fraction of sp³-hybridized carbons (Fsp3) is 0.875. The quantitative estimate of drug-likeness (QED) is 0.457. The highest BCUT2D eigenvalue weighted by Gasteiger charge is 2.60. The van der Waals surface area contributed by atoms with Crippen LogP contribution in [0.15, 0.2) is 0 Å². The number of ether oxygens (including phenoxy) is 1. The zero-order chi connectivity index (χ0) is 21.4. The second kappa shape index (κ2) is 6.94. The van der Waals surface area contributed by atoms with Gasteiger partial charge in [0, 0.05) is 9.86 Å². The summed E-state index contributed by atoms with van der Waals surface area (Å²) in [5.41, 5.74) is -0.589. The molecular formula is C24H33BrN2O4. The van der Waals surface area contributed by atoms with E-state index in [0.29, 0.717) is 11.8 Å². The topological polar surface area (TPSA) is 84.5 Å². The molecule has 8 saturated carbocycles. The van der Waals surface area contributed by atoms with E-state index in [1.54, 1.807) is 0 Å². The zero-order valence-electron chi connectivity index (χ0n) is 18.1. The molecular weight excluding hydrogens is 460 g/mol. The van der Waals surface area contributed by atoms with Crippen molar-refractivity contribution in [3.63, 3.8) is 0 Å². The molecule has 0 spiro atoms. The molecule has 0 aromatic carbocycles. The Morgan fingerprint density at radius 3 is 1.90 bits per heavy atom. The summed E-state index contributed by atoms with van der Waals surface area (Å²) in [5, 5.41) is 5.56. The Kier molecular flexibility index (Phi) is 4.59. The lowest BCUT2D eigenvalue weighted by Crippen LogP contribution is -2.62. The summed E-state index contributed by atoms with van der Waals surface area (Å²) in [6.45, 7) is -0.375. The van der Waals surface area contributed by atoms with E-state index in [2.05, 4.69) is 26.6 Å². The summed E-state index contributed by atoms with van der Waals surface area (Å²) < 4.78 is 5.54. The molecule has 0 aromatic heterocycles. The molecule has 8 fully saturated rings. The molecule has 8 bridgehead atoms. The van der Waals surface area contributed by atoms with E-state index >= 15 is 0 Å². The molecule has 0 saturated heterocycles. The number of nitrogens with one attached hydrogen (secondary N) is 2. The first-order chi connectivity index (χ1) is 14.7. The van der Waals surface area contributed by atoms with E-state index in [1.165, 1.54) is 25.7 Å². The molecule has 2 N–H and O–H groups in total. The van der Waals surface area contributed by atoms with Crippen molar-refractivity contribution in [2.75, 3.05) is 6.61 Å². The predicted octanol–water partition coefficient (Wildman–Crippen LogP) is 4.06. The summed E-state index contributed by atoms with van der Waals surface area (Å²) in [6, 6.07) is -0.433. The Morgan fingerprint density at radius 2 is 1.35 bits per heavy atom. The van der Waals surface area contributed by atoms with Gasteiger partial charge in [-0.2, -0.15) is 0 Å². The van der Waals surface area contributed by atoms with Crippen LogP contribution in [0.25, 0.3) is 0 Å². The number of esters is 1. The van der Waals surface area contributed by atoms with Crippen LogP contribution in [0.4, 0.5) is 4.79 Å². The number of hydrogen-bond donors (Lipinski definition) is 2. The van der Waals surface area contributed by atoms with Gasteiger partial charge in [-0.1, -0.05) is 15.9 Å². The van der Waals surface area contributed by atoms with Crippen molar-refractivity contribution in [1.29, 1.82) is 0 Å². The van der Waals surface area contributed by atoms with Crippen molar-refractivity contribution in [2.24, 2.45) is 35.0 Å². The van der Waals surface area contributed by atoms with Gasteiger partial charge in [-0.3, -0.25) is 14.9 Å². The maximum atomic E-state index is 13.0. The highest BCUT2D eigenvalue weighted by atomic mass is 79.9. The summed E-state index contributed by atoms with van der Waals surface area (Å²) in [4.78, 5) is 37.9. The molecule has 8 rings (SSSR count). The van der Waals surface area contributed by atoms with E-state index < -0.39 is 17.4 Å². The summed E-state index contributed by atoms with van der Waals surface area (Å²) in [5.74, 6) is 2.54. The van der Waals surface area contributed by atoms with E-state index in [-0.39, 0.29) is 22.4 Å². The van der Waals surface area contributed by atoms with Crippen LogP contribution >= 0.6 is 15.9 Å². The number of amides is 3. The number of alkyl halides is 1. The van der Waals surface area contributed by atoms with Crippen molar-refractivity contribution in [3.05, 3.63) is 0 Å². The van der Waals surface area contributed by atoms with Crippen LogP contribution < -0.4 is 10.6 Å². The Morgan fingerprint density at radius 1 is 0.806 bits per heavy atom. The van der Waals surface area contributed by atoms with Crippen molar-refractivity contribution in [2.45, 2.75) is 86.9 Å². The third kappa shape index (κ3) is 3.63. The smallest absolute Gasteiger partial charge is 0.321 e. The molecule has 0 aromatic rings. The Bertz CT molecular complexity index is 777. The monoisotopic (exact) mass is 492 g/mol. The fourth-order valence-electron chi connectivity index (χ4n) is 9.37. The molecule has 7 heteroatoms. The van der Waals surface area contributed by atoms with Gasteiger partial charge in [0.15, 0.2) is 6.61 Å². The number of carbonyl (C=O) groups excluding carboxylic acids is 3. The normalized spacial score (nSPS) is 48.5. The molecule has 3 amide bonds. The van der Waals surface area contributed by atoms with Crippen LogP contribution in [-0.4, -0.2) is 34.4 Å². The maximum absolute atomic E-state index is 13.0. The number of halogens is 1. The van der Waals surface area contributed by atoms with Gasteiger partial charge >= 0.3 is 12.0 Å². The van der Waals surface area contributed by atoms with Crippen LogP contribution in [0.3, 0.4) is 0 Å². The highest BCUT2D eigenvalue weighted by molar-refractivity contribution is 9.10. The van der Waals surface area contributed by atoms with Crippen LogP contribution in [0, 0.1) is 35.0 Å². The van der Waals surface area contributed by atoms with Crippen molar-refractivity contribution in [3.8, 4) is 0 Å². The number of hydrogen-bond acceptors (Lipinski definition) is 4. The van der Waals surface area contributed by atoms with Gasteiger partial charge in [0.25, 0.3) is 5.91 Å². The summed E-state index contributed by atoms with van der Waals surface area (Å²) >= 11 is 3.91. The largest absolute Gasteiger partial charge is 0.455 e. The van der Waals surface area contributed by atoms with E-state index in [0.717, 1.165) is 69.1 Å². The van der Waals surface area contributed by atoms with E-state index in [9.17, 15) is 14.4 Å². The minimum absolute atomic E-state index is 0.0656. The van der Waals surface area contributed by atoms with Gasteiger partial charge in [-0.25, -0.2) is 4.79 Å². The van der Waals surface area contributed by atoms with Gasteiger partial charge in [0.1, 0.15) is 0 Å². The molecule has 31 heavy (non-hydrogen) atoms. The third-order valence-electron chi connectivity index (χ3n) is 9.43. The minimum atomic E-state index is -0.533. The van der Waals surface area contributed by atoms with Crippen LogP contribution in [0.5, 0.6) is 0 Å². The van der Waals surface area contributed by atoms with Gasteiger partial charge in [0.2, 0.25) is 0 Å². The molecule has 8 aliphatic rings. The Balaban J connectivity index is 1.02. The second-order valence-corrected chi connectivity index (χ2v) is 13.9. The van der Waals surface area contributed by atoms with Crippen LogP contribution in [0.1, 0.15) is 77.0 Å². The molecule has 6 nitrogen and oxygen atoms in total. The lowest BCUT2D eigenvalue weighted by Gasteiger charge is -2.58. The van der Waals surface area contributed by atoms with E-state index in [4.69, 9.17) is 4.74 Å². The SMILES string of the molecule is O=C(COC(=O)C12CC3CC(CC(Br)(C3)C1)C2)NC(=O)NC12CC3CC(CC(C3)C1)C2. The van der Waals surface area contributed by atoms with Crippen molar-refractivity contribution < 1.29 is 19.1 Å². The number of rotatable bonds is 4. The Hall–Kier alpha value is -1.11. The van der Waals surface area contributed by atoms with Gasteiger partial charge in [-0.15, -0.1) is 0 Å². The average Bonchev–Trinajstić information content (AvgIpc) is 2.62. The molecule has 0 heterocycles. The molecule has 0 aliphatic heterocycles. The predicted molar refractivity (Wildman–Crippen MR) is 117 cm³/mol. The van der Waals surface area contributed by atoms with Crippen molar-refractivity contribution in [1.82, 2.24) is 10.6 Å². The lowest BCUT2D eigenvalue weighted by molar-refractivity contribution is -0.171. The Labute approximate surface area is 192 Å². The highest BCUT2D eigenvalue weighted by Crippen LogP contribution is 2.64. The van der Waals surface area contributed by atoms with Crippen LogP contribution in [-0.2, 0) is 14.3 Å². The second-order valence-electron chi connectivity index (χ2n) is 12.2. The molecule has 8 aliphatic carbocycles. The zero-order valence-corrected chi connectivity index (χ0v) is 19.7. The van der Waals surface area contributed by atoms with E-state index in [1.807, 2.05) is 0 Å². The molecule has 2 unspecified atom stereocenters. The maximum Gasteiger partial charge on any atom is 0.321 e. The minimum Gasteiger partial charge on any atom is -0.455 e. The average molecular weight is 493 g/mol. The summed E-state index contributed by atoms with van der Waals surface area (Å²) in [7, 11) is 0. The first-order valence-electron chi connectivity index (χ1n) is 12.2. The lowest BCUT2D eigenvalue weighted by atomic mass is 9.49. The fourth-order valence-corrected chi connectivity index (χ4v) is 10.8. The van der Waals surface area contributed by atoms with Crippen LogP contribution in [0.2, 0.25) is 0 Å². The number of urea groups is 1. The summed E-state index contributed by atoms with van der Waals surface area (Å²) in [6.07, 6.45) is 13.1. The van der Waals surface area contributed by atoms with Gasteiger partial charge < -0.3 is 10.1 Å². The first kappa shape index (κ1) is 20.5. The molecule has 0 radical (unpaired) electrons. The number of carbonyl (C=O) groups is 3. The van der Waals surface area contributed by atoms with Gasteiger partial charge in [0.05, 0.1) is 5.41 Å². The third-order valence-corrected chi connectivity index (χ3v) is 10.4. The molecule has 2 atom stereocenters. The van der Waals surface area contributed by atoms with Gasteiger partial charge in [-0.05, 0) is 107 Å². The molecule has 170 valence electrons.